The molecule has 1 fully saturated rings. The minimum atomic E-state index is -0.464. The third-order valence-electron chi connectivity index (χ3n) is 4.36. The van der Waals surface area contributed by atoms with E-state index < -0.39 is 5.97 Å². The Kier molecular flexibility index (Phi) is 4.37. The highest BCUT2D eigenvalue weighted by atomic mass is 16.5. The van der Waals surface area contributed by atoms with Crippen molar-refractivity contribution in [2.24, 2.45) is 11.8 Å². The van der Waals surface area contributed by atoms with E-state index in [2.05, 4.69) is 18.8 Å². The number of fused-ring (bicyclic) bond motifs is 1. The summed E-state index contributed by atoms with van der Waals surface area (Å²) < 4.78 is 5.23. The number of nitrogens with one attached hydrogen (secondary N) is 1. The molecule has 5 heteroatoms. The maximum absolute atomic E-state index is 12.3. The van der Waals surface area contributed by atoms with Crippen LogP contribution in [0.2, 0.25) is 0 Å². The molecule has 0 unspecified atom stereocenters. The van der Waals surface area contributed by atoms with Crippen LogP contribution in [0.4, 0.5) is 0 Å². The van der Waals surface area contributed by atoms with Gasteiger partial charge in [-0.25, -0.2) is 4.79 Å². The van der Waals surface area contributed by atoms with Crippen molar-refractivity contribution >= 4 is 22.8 Å². The summed E-state index contributed by atoms with van der Waals surface area (Å²) in [6.07, 6.45) is 2.77. The zero-order valence-corrected chi connectivity index (χ0v) is 13.5. The van der Waals surface area contributed by atoms with Gasteiger partial charge < -0.3 is 14.6 Å². The number of benzene rings is 1. The van der Waals surface area contributed by atoms with Crippen LogP contribution in [0.5, 0.6) is 0 Å². The van der Waals surface area contributed by atoms with Gasteiger partial charge in [-0.05, 0) is 24.3 Å². The molecule has 122 valence electrons. The molecule has 1 amide bonds. The number of aromatic nitrogens is 1. The van der Waals surface area contributed by atoms with Crippen molar-refractivity contribution in [3.8, 4) is 0 Å². The second kappa shape index (κ2) is 6.44. The average Bonchev–Trinajstić information content (AvgIpc) is 2.95. The summed E-state index contributed by atoms with van der Waals surface area (Å²) in [5, 5.41) is 0.810. The van der Waals surface area contributed by atoms with Crippen LogP contribution < -0.4 is 0 Å². The van der Waals surface area contributed by atoms with Crippen LogP contribution in [0.15, 0.2) is 30.5 Å². The van der Waals surface area contributed by atoms with E-state index in [0.717, 1.165) is 30.4 Å². The van der Waals surface area contributed by atoms with Crippen LogP contribution in [0, 0.1) is 11.8 Å². The molecule has 5 nitrogen and oxygen atoms in total. The highest BCUT2D eigenvalue weighted by Gasteiger charge is 2.26. The Balaban J connectivity index is 1.61. The molecule has 0 saturated carbocycles. The first-order valence-corrected chi connectivity index (χ1v) is 8.05. The van der Waals surface area contributed by atoms with Gasteiger partial charge in [-0.2, -0.15) is 0 Å². The predicted molar refractivity (Wildman–Crippen MR) is 88.1 cm³/mol. The molecule has 0 spiro atoms. The molecule has 1 aromatic carbocycles. The van der Waals surface area contributed by atoms with Crippen LogP contribution >= 0.6 is 0 Å². The van der Waals surface area contributed by atoms with E-state index in [1.807, 2.05) is 24.3 Å². The minimum absolute atomic E-state index is 0.114. The predicted octanol–water partition coefficient (Wildman–Crippen LogP) is 2.83. The highest BCUT2D eigenvalue weighted by Crippen LogP contribution is 2.21. The monoisotopic (exact) mass is 314 g/mol. The number of hydrogen-bond acceptors (Lipinski definition) is 3. The summed E-state index contributed by atoms with van der Waals surface area (Å²) in [5.74, 6) is 0.407. The fourth-order valence-corrected chi connectivity index (χ4v) is 3.40. The fourth-order valence-electron chi connectivity index (χ4n) is 3.40. The molecule has 3 rings (SSSR count). The number of hydrogen-bond donors (Lipinski definition) is 1. The number of ether oxygens (including phenoxy) is 1. The minimum Gasteiger partial charge on any atom is -0.452 e. The van der Waals surface area contributed by atoms with Crippen LogP contribution in [0.1, 0.15) is 30.6 Å². The number of para-hydroxylation sites is 1. The normalized spacial score (nSPS) is 21.4. The van der Waals surface area contributed by atoms with E-state index in [9.17, 15) is 9.59 Å². The molecular formula is C18H22N2O3. The van der Waals surface area contributed by atoms with Crippen molar-refractivity contribution in [2.75, 3.05) is 19.7 Å². The van der Waals surface area contributed by atoms with Crippen molar-refractivity contribution in [3.63, 3.8) is 0 Å². The van der Waals surface area contributed by atoms with Crippen molar-refractivity contribution in [2.45, 2.75) is 20.3 Å². The Bertz CT molecular complexity index is 712. The van der Waals surface area contributed by atoms with Gasteiger partial charge in [0.25, 0.3) is 5.91 Å². The number of aromatic amines is 1. The Morgan fingerprint density at radius 3 is 2.65 bits per heavy atom. The first kappa shape index (κ1) is 15.6. The summed E-state index contributed by atoms with van der Waals surface area (Å²) in [5.41, 5.74) is 1.35. The van der Waals surface area contributed by atoms with Crippen LogP contribution in [0.25, 0.3) is 10.9 Å². The summed E-state index contributed by atoms with van der Waals surface area (Å²) in [4.78, 5) is 29.3. The average molecular weight is 314 g/mol. The molecule has 0 aliphatic carbocycles. The number of esters is 1. The molecular weight excluding hydrogens is 292 g/mol. The van der Waals surface area contributed by atoms with Crippen LogP contribution in [-0.4, -0.2) is 41.5 Å². The number of H-pyrrole nitrogens is 1. The van der Waals surface area contributed by atoms with Gasteiger partial charge in [0.05, 0.1) is 5.56 Å². The number of piperidine rings is 1. The van der Waals surface area contributed by atoms with Gasteiger partial charge in [-0.1, -0.05) is 32.0 Å². The third kappa shape index (κ3) is 3.38. The lowest BCUT2D eigenvalue weighted by Crippen LogP contribution is -2.44. The topological polar surface area (TPSA) is 62.4 Å². The number of rotatable bonds is 3. The van der Waals surface area contributed by atoms with E-state index in [4.69, 9.17) is 4.74 Å². The zero-order valence-electron chi connectivity index (χ0n) is 13.5. The first-order valence-electron chi connectivity index (χ1n) is 8.05. The SMILES string of the molecule is C[C@H]1C[C@H](C)CN(C(=O)COC(=O)c2c[nH]c3ccccc23)C1. The van der Waals surface area contributed by atoms with Crippen molar-refractivity contribution in [1.29, 1.82) is 0 Å². The number of carbonyl (C=O) groups is 2. The van der Waals surface area contributed by atoms with Crippen molar-refractivity contribution in [1.82, 2.24) is 9.88 Å². The fraction of sp³-hybridized carbons (Fsp3) is 0.444. The Morgan fingerprint density at radius 2 is 1.91 bits per heavy atom. The van der Waals surface area contributed by atoms with Crippen LogP contribution in [-0.2, 0) is 9.53 Å². The van der Waals surface area contributed by atoms with E-state index in [1.165, 1.54) is 0 Å². The standard InChI is InChI=1S/C18H22N2O3/c1-12-7-13(2)10-20(9-12)17(21)11-23-18(22)15-8-19-16-6-4-3-5-14(15)16/h3-6,8,12-13,19H,7,9-11H2,1-2H3/t12-,13-/m0/s1. The van der Waals surface area contributed by atoms with Crippen LogP contribution in [0.3, 0.4) is 0 Å². The van der Waals surface area contributed by atoms with Gasteiger partial charge in [0.1, 0.15) is 0 Å². The molecule has 0 radical (unpaired) electrons. The number of likely N-dealkylation sites (tertiary alicyclic amines) is 1. The highest BCUT2D eigenvalue weighted by molar-refractivity contribution is 6.04. The second-order valence-electron chi connectivity index (χ2n) is 6.57. The first-order chi connectivity index (χ1) is 11.0. The molecule has 2 atom stereocenters. The molecule has 1 aliphatic heterocycles. The largest absolute Gasteiger partial charge is 0.452 e. The lowest BCUT2D eigenvalue weighted by molar-refractivity contribution is -0.137. The van der Waals surface area contributed by atoms with Gasteiger partial charge in [-0.15, -0.1) is 0 Å². The van der Waals surface area contributed by atoms with E-state index >= 15 is 0 Å². The summed E-state index contributed by atoms with van der Waals surface area (Å²) in [7, 11) is 0. The molecule has 2 heterocycles. The van der Waals surface area contributed by atoms with Gasteiger partial charge in [0, 0.05) is 30.2 Å². The summed E-state index contributed by atoms with van der Waals surface area (Å²) in [6.45, 7) is 5.58. The molecule has 23 heavy (non-hydrogen) atoms. The lowest BCUT2D eigenvalue weighted by atomic mass is 9.92. The Morgan fingerprint density at radius 1 is 1.22 bits per heavy atom. The van der Waals surface area contributed by atoms with Crippen molar-refractivity contribution in [3.05, 3.63) is 36.0 Å². The smallest absolute Gasteiger partial charge is 0.340 e. The second-order valence-corrected chi connectivity index (χ2v) is 6.57. The van der Waals surface area contributed by atoms with Gasteiger partial charge >= 0.3 is 5.97 Å². The van der Waals surface area contributed by atoms with E-state index in [0.29, 0.717) is 17.4 Å². The number of carbonyl (C=O) groups excluding carboxylic acids is 2. The maximum Gasteiger partial charge on any atom is 0.340 e. The molecule has 1 aliphatic rings. The third-order valence-corrected chi connectivity index (χ3v) is 4.36. The summed E-state index contributed by atoms with van der Waals surface area (Å²) >= 11 is 0. The maximum atomic E-state index is 12.3. The summed E-state index contributed by atoms with van der Waals surface area (Å²) in [6, 6.07) is 7.52. The van der Waals surface area contributed by atoms with Gasteiger partial charge in [-0.3, -0.25) is 4.79 Å². The Hall–Kier alpha value is -2.30. The Labute approximate surface area is 135 Å². The molecule has 1 aromatic heterocycles. The quantitative estimate of drug-likeness (QED) is 0.886. The zero-order chi connectivity index (χ0) is 16.4. The molecule has 0 bridgehead atoms. The van der Waals surface area contributed by atoms with E-state index in [1.54, 1.807) is 11.1 Å². The van der Waals surface area contributed by atoms with Gasteiger partial charge in [0.2, 0.25) is 0 Å². The lowest BCUT2D eigenvalue weighted by Gasteiger charge is -2.34. The molecule has 1 saturated heterocycles. The number of amides is 1. The molecule has 2 aromatic rings. The number of nitrogens with zero attached hydrogens (tertiary/aromatic N) is 1. The van der Waals surface area contributed by atoms with E-state index in [-0.39, 0.29) is 12.5 Å². The molecule has 1 N–H and O–H groups in total. The van der Waals surface area contributed by atoms with Gasteiger partial charge in [0.15, 0.2) is 6.61 Å². The van der Waals surface area contributed by atoms with Crippen molar-refractivity contribution < 1.29 is 14.3 Å².